The van der Waals surface area contributed by atoms with Crippen LogP contribution in [0, 0.1) is 0 Å². The van der Waals surface area contributed by atoms with Crippen LogP contribution in [0.1, 0.15) is 23.9 Å². The first-order chi connectivity index (χ1) is 13.1. The van der Waals surface area contributed by atoms with Gasteiger partial charge in [0.25, 0.3) is 9.84 Å². The van der Waals surface area contributed by atoms with Gasteiger partial charge in [-0.3, -0.25) is 0 Å². The summed E-state index contributed by atoms with van der Waals surface area (Å²) in [5, 5.41) is 3.38. The van der Waals surface area contributed by atoms with Crippen molar-refractivity contribution >= 4 is 44.3 Å². The van der Waals surface area contributed by atoms with Gasteiger partial charge in [-0.25, -0.2) is 18.4 Å². The Bertz CT molecular complexity index is 1090. The number of sulfone groups is 1. The molecule has 0 spiro atoms. The Morgan fingerprint density at radius 1 is 1.21 bits per heavy atom. The highest BCUT2D eigenvalue weighted by Crippen LogP contribution is 2.34. The summed E-state index contributed by atoms with van der Waals surface area (Å²) in [6.45, 7) is 2.05. The zero-order valence-corrected chi connectivity index (χ0v) is 17.5. The molecule has 1 aromatic carbocycles. The van der Waals surface area contributed by atoms with Crippen LogP contribution in [-0.2, 0) is 22.0 Å². The number of hydrogen-bond donors (Lipinski definition) is 0. The number of alkyl halides is 3. The Balaban J connectivity index is 1.84. The lowest BCUT2D eigenvalue weighted by Gasteiger charge is -2.09. The Labute approximate surface area is 172 Å². The van der Waals surface area contributed by atoms with Crippen molar-refractivity contribution in [2.45, 2.75) is 31.0 Å². The van der Waals surface area contributed by atoms with Crippen LogP contribution in [0.4, 0.5) is 13.2 Å². The monoisotopic (exact) mass is 467 g/mol. The molecule has 0 N–H and O–H groups in total. The second kappa shape index (κ2) is 8.05. The van der Waals surface area contributed by atoms with E-state index in [1.807, 2.05) is 6.92 Å². The van der Waals surface area contributed by atoms with Crippen molar-refractivity contribution in [1.29, 1.82) is 0 Å². The lowest BCUT2D eigenvalue weighted by molar-refractivity contribution is -0.0437. The minimum Gasteiger partial charge on any atom is -0.233 e. The number of hydrogen-bond acceptors (Lipinski definition) is 7. The van der Waals surface area contributed by atoms with Gasteiger partial charge in [0.2, 0.25) is 5.82 Å². The van der Waals surface area contributed by atoms with Crippen LogP contribution in [0.2, 0.25) is 5.02 Å². The van der Waals surface area contributed by atoms with Crippen molar-refractivity contribution in [2.24, 2.45) is 0 Å². The summed E-state index contributed by atoms with van der Waals surface area (Å²) >= 11 is 8.81. The number of aromatic nitrogens is 3. The van der Waals surface area contributed by atoms with Crippen molar-refractivity contribution in [3.63, 3.8) is 0 Å². The summed E-state index contributed by atoms with van der Waals surface area (Å²) in [5.41, 5.74) is -4.35. The SMILES string of the molecule is CCCc1nc(-c2nc(-c3ccc(CS(=O)(=O)C(F)(F)F)cc3Cl)cs2)ns1. The van der Waals surface area contributed by atoms with Gasteiger partial charge in [0, 0.05) is 17.4 Å². The van der Waals surface area contributed by atoms with Gasteiger partial charge in [-0.05, 0) is 29.6 Å². The maximum absolute atomic E-state index is 12.5. The van der Waals surface area contributed by atoms with E-state index in [0.29, 0.717) is 22.1 Å². The smallest absolute Gasteiger partial charge is 0.233 e. The molecule has 0 amide bonds. The molecule has 2 heterocycles. The van der Waals surface area contributed by atoms with Crippen LogP contribution in [0.3, 0.4) is 0 Å². The largest absolute Gasteiger partial charge is 0.497 e. The maximum Gasteiger partial charge on any atom is 0.497 e. The van der Waals surface area contributed by atoms with E-state index in [2.05, 4.69) is 14.3 Å². The van der Waals surface area contributed by atoms with Crippen molar-refractivity contribution < 1.29 is 21.6 Å². The molecule has 0 aliphatic heterocycles. The van der Waals surface area contributed by atoms with Gasteiger partial charge in [0.05, 0.1) is 16.5 Å². The average Bonchev–Trinajstić information content (AvgIpc) is 3.23. The molecule has 0 atom stereocenters. The Morgan fingerprint density at radius 2 is 1.96 bits per heavy atom. The molecule has 2 aromatic heterocycles. The third-order valence-corrected chi connectivity index (χ3v) is 6.99. The van der Waals surface area contributed by atoms with E-state index in [9.17, 15) is 21.6 Å². The molecule has 12 heteroatoms. The molecule has 0 bridgehead atoms. The highest BCUT2D eigenvalue weighted by atomic mass is 35.5. The van der Waals surface area contributed by atoms with E-state index in [1.54, 1.807) is 5.38 Å². The van der Waals surface area contributed by atoms with Crippen molar-refractivity contribution in [3.8, 4) is 22.1 Å². The fourth-order valence-electron chi connectivity index (χ4n) is 2.31. The van der Waals surface area contributed by atoms with Crippen LogP contribution in [-0.4, -0.2) is 28.3 Å². The van der Waals surface area contributed by atoms with Gasteiger partial charge in [-0.1, -0.05) is 30.7 Å². The predicted octanol–water partition coefficient (Wildman–Crippen LogP) is 5.37. The van der Waals surface area contributed by atoms with Gasteiger partial charge in [0.1, 0.15) is 5.01 Å². The van der Waals surface area contributed by atoms with Crippen LogP contribution in [0.25, 0.3) is 22.1 Å². The first-order valence-corrected chi connectivity index (χ1v) is 11.7. The first-order valence-electron chi connectivity index (χ1n) is 7.97. The molecule has 0 fully saturated rings. The van der Waals surface area contributed by atoms with Gasteiger partial charge < -0.3 is 0 Å². The van der Waals surface area contributed by atoms with E-state index in [4.69, 9.17) is 11.6 Å². The van der Waals surface area contributed by atoms with Gasteiger partial charge in [-0.2, -0.15) is 17.5 Å². The fraction of sp³-hybridized carbons (Fsp3) is 0.312. The minimum absolute atomic E-state index is 0.0492. The highest BCUT2D eigenvalue weighted by Gasteiger charge is 2.45. The Kier molecular flexibility index (Phi) is 6.08. The van der Waals surface area contributed by atoms with Crippen LogP contribution in [0.5, 0.6) is 0 Å². The Morgan fingerprint density at radius 3 is 2.61 bits per heavy atom. The molecule has 0 saturated heterocycles. The molecule has 0 radical (unpaired) electrons. The number of nitrogens with zero attached hydrogens (tertiary/aromatic N) is 3. The van der Waals surface area contributed by atoms with Crippen LogP contribution >= 0.6 is 34.5 Å². The summed E-state index contributed by atoms with van der Waals surface area (Å²) < 4.78 is 64.5. The number of benzene rings is 1. The van der Waals surface area contributed by atoms with E-state index in [-0.39, 0.29) is 10.6 Å². The maximum atomic E-state index is 12.5. The molecular weight excluding hydrogens is 455 g/mol. The summed E-state index contributed by atoms with van der Waals surface area (Å²) in [6.07, 6.45) is 1.80. The zero-order valence-electron chi connectivity index (χ0n) is 14.3. The minimum atomic E-state index is -5.31. The Hall–Kier alpha value is -1.56. The summed E-state index contributed by atoms with van der Waals surface area (Å²) in [4.78, 5) is 8.87. The molecule has 28 heavy (non-hydrogen) atoms. The quantitative estimate of drug-likeness (QED) is 0.487. The third-order valence-electron chi connectivity index (χ3n) is 3.65. The molecule has 0 unspecified atom stereocenters. The molecular formula is C16H13ClF3N3O2S3. The van der Waals surface area contributed by atoms with E-state index in [0.717, 1.165) is 17.8 Å². The topological polar surface area (TPSA) is 72.8 Å². The second-order valence-electron chi connectivity index (χ2n) is 5.82. The van der Waals surface area contributed by atoms with Crippen molar-refractivity contribution in [1.82, 2.24) is 14.3 Å². The molecule has 0 aliphatic carbocycles. The summed E-state index contributed by atoms with van der Waals surface area (Å²) in [6, 6.07) is 3.96. The van der Waals surface area contributed by atoms with Gasteiger partial charge in [0.15, 0.2) is 5.01 Å². The summed E-state index contributed by atoms with van der Waals surface area (Å²) in [7, 11) is -5.27. The van der Waals surface area contributed by atoms with Crippen molar-refractivity contribution in [3.05, 3.63) is 39.2 Å². The second-order valence-corrected chi connectivity index (χ2v) is 9.90. The normalized spacial score (nSPS) is 12.5. The number of aryl methyl sites for hydroxylation is 1. The molecule has 150 valence electrons. The van der Waals surface area contributed by atoms with E-state index < -0.39 is 21.1 Å². The molecule has 0 aliphatic rings. The number of halogens is 4. The fourth-order valence-corrected chi connectivity index (χ4v) is 4.95. The average molecular weight is 468 g/mol. The zero-order chi connectivity index (χ0) is 20.5. The molecule has 3 aromatic rings. The van der Waals surface area contributed by atoms with Crippen molar-refractivity contribution in [2.75, 3.05) is 0 Å². The highest BCUT2D eigenvalue weighted by molar-refractivity contribution is 7.91. The lowest BCUT2D eigenvalue weighted by Crippen LogP contribution is -2.24. The molecule has 0 saturated carbocycles. The first kappa shape index (κ1) is 21.2. The third kappa shape index (κ3) is 4.53. The van der Waals surface area contributed by atoms with E-state index >= 15 is 0 Å². The number of rotatable bonds is 6. The van der Waals surface area contributed by atoms with Crippen LogP contribution in [0.15, 0.2) is 23.6 Å². The summed E-state index contributed by atoms with van der Waals surface area (Å²) in [5.74, 6) is -0.643. The lowest BCUT2D eigenvalue weighted by atomic mass is 10.1. The predicted molar refractivity (Wildman–Crippen MR) is 104 cm³/mol. The standard InChI is InChI=1S/C16H13ClF3N3O2S3/c1-2-3-13-22-14(23-27-13)15-21-12(7-26-15)10-5-4-9(6-11(10)17)8-28(24,25)16(18,19)20/h4-7H,2-3,8H2,1H3. The number of thiazole rings is 1. The molecule has 5 nitrogen and oxygen atoms in total. The van der Waals surface area contributed by atoms with E-state index in [1.165, 1.54) is 41.1 Å². The molecule has 3 rings (SSSR count). The van der Waals surface area contributed by atoms with Gasteiger partial charge in [-0.15, -0.1) is 11.3 Å². The van der Waals surface area contributed by atoms with Crippen LogP contribution < -0.4 is 0 Å². The van der Waals surface area contributed by atoms with Gasteiger partial charge >= 0.3 is 5.51 Å².